The van der Waals surface area contributed by atoms with Gasteiger partial charge in [0.15, 0.2) is 0 Å². The van der Waals surface area contributed by atoms with Crippen LogP contribution < -0.4 is 0 Å². The molecule has 3 heterocycles. The van der Waals surface area contributed by atoms with Gasteiger partial charge in [-0.25, -0.2) is 0 Å². The van der Waals surface area contributed by atoms with Gasteiger partial charge in [-0.1, -0.05) is 11.2 Å². The van der Waals surface area contributed by atoms with Crippen molar-refractivity contribution in [2.45, 2.75) is 45.8 Å². The topological polar surface area (TPSA) is 68.5 Å². The van der Waals surface area contributed by atoms with Crippen LogP contribution in [-0.2, 0) is 22.5 Å². The Bertz CT molecular complexity index is 659. The van der Waals surface area contributed by atoms with E-state index in [9.17, 15) is 4.79 Å². The standard InChI is InChI=1S/C18H23N3O3/c1-13-17(14(2)24-20-13)10-18(22)21(12-16-7-5-9-23-16)11-15-6-3-4-8-19-15/h3-4,6,8,16H,5,7,9-12H2,1-2H3. The Morgan fingerprint density at radius 2 is 2.25 bits per heavy atom. The zero-order chi connectivity index (χ0) is 16.9. The van der Waals surface area contributed by atoms with Crippen molar-refractivity contribution < 1.29 is 14.1 Å². The zero-order valence-electron chi connectivity index (χ0n) is 14.2. The maximum absolute atomic E-state index is 12.9. The van der Waals surface area contributed by atoms with E-state index in [0.29, 0.717) is 25.3 Å². The number of nitrogens with zero attached hydrogens (tertiary/aromatic N) is 3. The minimum Gasteiger partial charge on any atom is -0.376 e. The Kier molecular flexibility index (Phi) is 5.25. The minimum atomic E-state index is 0.0468. The second-order valence-electron chi connectivity index (χ2n) is 6.21. The van der Waals surface area contributed by atoms with Gasteiger partial charge in [0.2, 0.25) is 5.91 Å². The lowest BCUT2D eigenvalue weighted by Crippen LogP contribution is -2.38. The van der Waals surface area contributed by atoms with Crippen molar-refractivity contribution in [3.63, 3.8) is 0 Å². The Balaban J connectivity index is 1.73. The number of pyridine rings is 1. The third-order valence-corrected chi connectivity index (χ3v) is 4.39. The van der Waals surface area contributed by atoms with E-state index in [2.05, 4.69) is 10.1 Å². The molecule has 0 aliphatic carbocycles. The summed E-state index contributed by atoms with van der Waals surface area (Å²) in [5.74, 6) is 0.751. The summed E-state index contributed by atoms with van der Waals surface area (Å²) in [5.41, 5.74) is 2.52. The lowest BCUT2D eigenvalue weighted by atomic mass is 10.1. The highest BCUT2D eigenvalue weighted by Crippen LogP contribution is 2.18. The van der Waals surface area contributed by atoms with Gasteiger partial charge < -0.3 is 14.2 Å². The molecule has 0 spiro atoms. The molecule has 1 atom stereocenters. The molecule has 0 radical (unpaired) electrons. The SMILES string of the molecule is Cc1noc(C)c1CC(=O)N(Cc1ccccn1)CC1CCCO1. The van der Waals surface area contributed by atoms with Crippen LogP contribution in [-0.4, -0.2) is 40.2 Å². The number of aromatic nitrogens is 2. The molecule has 1 amide bonds. The first-order valence-corrected chi connectivity index (χ1v) is 8.34. The van der Waals surface area contributed by atoms with Gasteiger partial charge in [0, 0.05) is 24.9 Å². The summed E-state index contributed by atoms with van der Waals surface area (Å²) >= 11 is 0. The van der Waals surface area contributed by atoms with Gasteiger partial charge in [-0.2, -0.15) is 0 Å². The van der Waals surface area contributed by atoms with Crippen molar-refractivity contribution in [2.24, 2.45) is 0 Å². The number of hydrogen-bond acceptors (Lipinski definition) is 5. The summed E-state index contributed by atoms with van der Waals surface area (Å²) in [5, 5.41) is 3.93. The summed E-state index contributed by atoms with van der Waals surface area (Å²) < 4.78 is 10.9. The van der Waals surface area contributed by atoms with Gasteiger partial charge in [0.1, 0.15) is 5.76 Å². The van der Waals surface area contributed by atoms with E-state index < -0.39 is 0 Å². The van der Waals surface area contributed by atoms with Crippen LogP contribution in [0.15, 0.2) is 28.9 Å². The quantitative estimate of drug-likeness (QED) is 0.814. The summed E-state index contributed by atoms with van der Waals surface area (Å²) in [6.07, 6.45) is 4.21. The van der Waals surface area contributed by atoms with Crippen LogP contribution >= 0.6 is 0 Å². The van der Waals surface area contributed by atoms with Crippen molar-refractivity contribution in [1.82, 2.24) is 15.0 Å². The molecule has 6 nitrogen and oxygen atoms in total. The molecule has 1 aliphatic rings. The molecule has 1 aliphatic heterocycles. The molecule has 24 heavy (non-hydrogen) atoms. The maximum atomic E-state index is 12.9. The first kappa shape index (κ1) is 16.6. The molecule has 3 rings (SSSR count). The first-order chi connectivity index (χ1) is 11.6. The molecule has 1 saturated heterocycles. The minimum absolute atomic E-state index is 0.0468. The number of carbonyl (C=O) groups excluding carboxylic acids is 1. The van der Waals surface area contributed by atoms with Gasteiger partial charge in [-0.05, 0) is 38.8 Å². The summed E-state index contributed by atoms with van der Waals surface area (Å²) in [7, 11) is 0. The molecule has 0 aromatic carbocycles. The number of carbonyl (C=O) groups is 1. The van der Waals surface area contributed by atoms with E-state index in [1.54, 1.807) is 6.20 Å². The van der Waals surface area contributed by atoms with E-state index in [-0.39, 0.29) is 12.0 Å². The predicted octanol–water partition coefficient (Wildman–Crippen LogP) is 2.44. The molecule has 128 valence electrons. The third-order valence-electron chi connectivity index (χ3n) is 4.39. The fourth-order valence-corrected chi connectivity index (χ4v) is 2.99. The van der Waals surface area contributed by atoms with Gasteiger partial charge in [0.05, 0.1) is 30.5 Å². The van der Waals surface area contributed by atoms with Crippen LogP contribution in [0.4, 0.5) is 0 Å². The van der Waals surface area contributed by atoms with Crippen LogP contribution in [0.25, 0.3) is 0 Å². The maximum Gasteiger partial charge on any atom is 0.227 e. The molecule has 0 bridgehead atoms. The smallest absolute Gasteiger partial charge is 0.227 e. The van der Waals surface area contributed by atoms with Gasteiger partial charge >= 0.3 is 0 Å². The number of ether oxygens (including phenoxy) is 1. The molecular formula is C18H23N3O3. The molecule has 6 heteroatoms. The Hall–Kier alpha value is -2.21. The molecule has 2 aromatic rings. The van der Waals surface area contributed by atoms with Crippen molar-refractivity contribution in [1.29, 1.82) is 0 Å². The van der Waals surface area contributed by atoms with Gasteiger partial charge in [-0.3, -0.25) is 9.78 Å². The largest absolute Gasteiger partial charge is 0.376 e. The monoisotopic (exact) mass is 329 g/mol. The number of rotatable bonds is 6. The highest BCUT2D eigenvalue weighted by atomic mass is 16.5. The van der Waals surface area contributed by atoms with Crippen molar-refractivity contribution in [3.8, 4) is 0 Å². The highest BCUT2D eigenvalue weighted by molar-refractivity contribution is 5.79. The van der Waals surface area contributed by atoms with Crippen molar-refractivity contribution in [3.05, 3.63) is 47.1 Å². The summed E-state index contributed by atoms with van der Waals surface area (Å²) in [6.45, 7) is 5.57. The van der Waals surface area contributed by atoms with Gasteiger partial charge in [0.25, 0.3) is 0 Å². The molecule has 0 N–H and O–H groups in total. The van der Waals surface area contributed by atoms with E-state index >= 15 is 0 Å². The third kappa shape index (κ3) is 4.00. The van der Waals surface area contributed by atoms with Crippen LogP contribution in [0.3, 0.4) is 0 Å². The summed E-state index contributed by atoms with van der Waals surface area (Å²) in [4.78, 5) is 19.1. The van der Waals surface area contributed by atoms with E-state index in [1.807, 2.05) is 36.9 Å². The van der Waals surface area contributed by atoms with Crippen molar-refractivity contribution in [2.75, 3.05) is 13.2 Å². The Morgan fingerprint density at radius 1 is 1.38 bits per heavy atom. The van der Waals surface area contributed by atoms with E-state index in [1.165, 1.54) is 0 Å². The van der Waals surface area contributed by atoms with Crippen LogP contribution in [0.2, 0.25) is 0 Å². The molecule has 2 aromatic heterocycles. The lowest BCUT2D eigenvalue weighted by Gasteiger charge is -2.25. The van der Waals surface area contributed by atoms with Crippen LogP contribution in [0.1, 0.15) is 35.6 Å². The highest BCUT2D eigenvalue weighted by Gasteiger charge is 2.24. The second-order valence-corrected chi connectivity index (χ2v) is 6.21. The average molecular weight is 329 g/mol. The van der Waals surface area contributed by atoms with Gasteiger partial charge in [-0.15, -0.1) is 0 Å². The second kappa shape index (κ2) is 7.57. The van der Waals surface area contributed by atoms with E-state index in [0.717, 1.165) is 36.4 Å². The summed E-state index contributed by atoms with van der Waals surface area (Å²) in [6, 6.07) is 5.75. The molecular weight excluding hydrogens is 306 g/mol. The normalized spacial score (nSPS) is 17.2. The van der Waals surface area contributed by atoms with Crippen molar-refractivity contribution >= 4 is 5.91 Å². The number of hydrogen-bond donors (Lipinski definition) is 0. The fourth-order valence-electron chi connectivity index (χ4n) is 2.99. The molecule has 0 saturated carbocycles. The average Bonchev–Trinajstić information content (AvgIpc) is 3.20. The molecule has 1 fully saturated rings. The fraction of sp³-hybridized carbons (Fsp3) is 0.500. The number of aryl methyl sites for hydroxylation is 2. The Morgan fingerprint density at radius 3 is 2.88 bits per heavy atom. The van der Waals surface area contributed by atoms with Crippen LogP contribution in [0.5, 0.6) is 0 Å². The first-order valence-electron chi connectivity index (χ1n) is 8.34. The number of amides is 1. The van der Waals surface area contributed by atoms with E-state index in [4.69, 9.17) is 9.26 Å². The Labute approximate surface area is 141 Å². The molecule has 1 unspecified atom stereocenters. The van der Waals surface area contributed by atoms with Crippen LogP contribution in [0, 0.1) is 13.8 Å². The lowest BCUT2D eigenvalue weighted by molar-refractivity contribution is -0.132. The predicted molar refractivity (Wildman–Crippen MR) is 88.3 cm³/mol. The zero-order valence-corrected chi connectivity index (χ0v) is 14.2.